The third-order valence-corrected chi connectivity index (χ3v) is 4.44. The minimum atomic E-state index is -0.282. The Hall–Kier alpha value is -1.86. The lowest BCUT2D eigenvalue weighted by Crippen LogP contribution is -2.42. The van der Waals surface area contributed by atoms with E-state index in [0.717, 1.165) is 22.8 Å². The number of morpholine rings is 1. The number of carbonyl (C=O) groups is 1. The lowest BCUT2D eigenvalue weighted by Gasteiger charge is -2.33. The summed E-state index contributed by atoms with van der Waals surface area (Å²) in [5, 5.41) is 3.99. The number of ether oxygens (including phenoxy) is 1. The molecule has 0 N–H and O–H groups in total. The molecule has 0 unspecified atom stereocenters. The lowest BCUT2D eigenvalue weighted by atomic mass is 10.1. The maximum absolute atomic E-state index is 13.0. The van der Waals surface area contributed by atoms with Crippen LogP contribution in [-0.4, -0.2) is 40.1 Å². The Bertz CT molecular complexity index is 659. The summed E-state index contributed by atoms with van der Waals surface area (Å²) < 4.78 is 22.6. The molecule has 0 bridgehead atoms. The van der Waals surface area contributed by atoms with Gasteiger partial charge in [-0.3, -0.25) is 4.79 Å². The molecular weight excluding hydrogens is 305 g/mol. The number of hydrogen-bond donors (Lipinski definition) is 0. The minimum absolute atomic E-state index is 0.0535. The van der Waals surface area contributed by atoms with Crippen molar-refractivity contribution in [3.8, 4) is 0 Å². The van der Waals surface area contributed by atoms with Crippen molar-refractivity contribution in [2.24, 2.45) is 0 Å². The molecule has 116 valence electrons. The second kappa shape index (κ2) is 6.50. The van der Waals surface area contributed by atoms with Gasteiger partial charge in [0.15, 0.2) is 0 Å². The first-order valence-electron chi connectivity index (χ1n) is 7.16. The van der Waals surface area contributed by atoms with Gasteiger partial charge in [-0.15, -0.1) is 5.10 Å². The molecule has 2 heterocycles. The van der Waals surface area contributed by atoms with E-state index in [2.05, 4.69) is 9.59 Å². The number of nitrogens with zero attached hydrogens (tertiary/aromatic N) is 3. The van der Waals surface area contributed by atoms with Gasteiger partial charge in [0.2, 0.25) is 0 Å². The van der Waals surface area contributed by atoms with Gasteiger partial charge in [-0.05, 0) is 35.6 Å². The van der Waals surface area contributed by atoms with Crippen LogP contribution in [0.5, 0.6) is 0 Å². The third-order valence-electron chi connectivity index (χ3n) is 3.68. The highest BCUT2D eigenvalue weighted by Crippen LogP contribution is 2.24. The zero-order valence-electron chi connectivity index (χ0n) is 12.2. The van der Waals surface area contributed by atoms with Gasteiger partial charge in [0.25, 0.3) is 5.91 Å². The highest BCUT2D eigenvalue weighted by molar-refractivity contribution is 7.08. The summed E-state index contributed by atoms with van der Waals surface area (Å²) >= 11 is 1.13. The van der Waals surface area contributed by atoms with E-state index in [-0.39, 0.29) is 17.8 Å². The minimum Gasteiger partial charge on any atom is -0.370 e. The predicted octanol–water partition coefficient (Wildman–Crippen LogP) is 2.45. The van der Waals surface area contributed by atoms with E-state index in [4.69, 9.17) is 4.74 Å². The van der Waals surface area contributed by atoms with Crippen LogP contribution in [0.4, 0.5) is 4.39 Å². The van der Waals surface area contributed by atoms with Crippen LogP contribution >= 0.6 is 11.5 Å². The van der Waals surface area contributed by atoms with Crippen LogP contribution in [0.1, 0.15) is 34.0 Å². The summed E-state index contributed by atoms with van der Waals surface area (Å²) in [6, 6.07) is 6.20. The number of rotatable bonds is 3. The van der Waals surface area contributed by atoms with Crippen LogP contribution < -0.4 is 0 Å². The first-order chi connectivity index (χ1) is 10.7. The van der Waals surface area contributed by atoms with Crippen LogP contribution in [0.25, 0.3) is 0 Å². The number of hydrogen-bond acceptors (Lipinski definition) is 5. The van der Waals surface area contributed by atoms with E-state index in [1.807, 2.05) is 6.92 Å². The van der Waals surface area contributed by atoms with Crippen molar-refractivity contribution in [1.82, 2.24) is 14.5 Å². The monoisotopic (exact) mass is 321 g/mol. The van der Waals surface area contributed by atoms with Gasteiger partial charge < -0.3 is 9.64 Å². The van der Waals surface area contributed by atoms with Crippen LogP contribution in [0.3, 0.4) is 0 Å². The summed E-state index contributed by atoms with van der Waals surface area (Å²) in [6.45, 7) is 3.40. The molecule has 1 fully saturated rings. The molecule has 1 aliphatic heterocycles. The van der Waals surface area contributed by atoms with Crippen LogP contribution in [0.15, 0.2) is 24.3 Å². The molecule has 0 saturated carbocycles. The van der Waals surface area contributed by atoms with Gasteiger partial charge in [-0.25, -0.2) is 4.39 Å². The van der Waals surface area contributed by atoms with E-state index >= 15 is 0 Å². The smallest absolute Gasteiger partial charge is 0.267 e. The van der Waals surface area contributed by atoms with Crippen LogP contribution in [-0.2, 0) is 11.2 Å². The molecule has 0 radical (unpaired) electrons. The molecule has 5 nitrogen and oxygen atoms in total. The molecule has 0 aliphatic carbocycles. The summed E-state index contributed by atoms with van der Waals surface area (Å²) in [7, 11) is 0. The van der Waals surface area contributed by atoms with Gasteiger partial charge in [0.05, 0.1) is 18.8 Å². The third kappa shape index (κ3) is 3.00. The maximum atomic E-state index is 13.0. The molecule has 1 amide bonds. The van der Waals surface area contributed by atoms with E-state index < -0.39 is 0 Å². The Balaban J connectivity index is 1.75. The van der Waals surface area contributed by atoms with E-state index in [1.54, 1.807) is 17.0 Å². The molecule has 1 aromatic heterocycles. The fourth-order valence-corrected chi connectivity index (χ4v) is 3.18. The predicted molar refractivity (Wildman–Crippen MR) is 80.3 cm³/mol. The van der Waals surface area contributed by atoms with Crippen molar-refractivity contribution >= 4 is 17.4 Å². The highest BCUT2D eigenvalue weighted by atomic mass is 32.1. The number of aryl methyl sites for hydroxylation is 1. The average Bonchev–Trinajstić information content (AvgIpc) is 3.03. The quantitative estimate of drug-likeness (QED) is 0.871. The standard InChI is InChI=1S/C15H16FN3O2S/c1-2-12-14(22-18-17-12)15(20)19-7-8-21-13(9-19)10-3-5-11(16)6-4-10/h3-6,13H,2,7-9H2,1H3/t13-/m1/s1. The molecule has 3 rings (SSSR count). The average molecular weight is 321 g/mol. The van der Waals surface area contributed by atoms with Crippen molar-refractivity contribution in [1.29, 1.82) is 0 Å². The molecular formula is C15H16FN3O2S. The molecule has 1 aliphatic rings. The van der Waals surface area contributed by atoms with E-state index in [9.17, 15) is 9.18 Å². The zero-order valence-corrected chi connectivity index (χ0v) is 13.0. The lowest BCUT2D eigenvalue weighted by molar-refractivity contribution is -0.0227. The van der Waals surface area contributed by atoms with Gasteiger partial charge in [0.1, 0.15) is 16.8 Å². The highest BCUT2D eigenvalue weighted by Gasteiger charge is 2.28. The van der Waals surface area contributed by atoms with Gasteiger partial charge in [0, 0.05) is 6.54 Å². The van der Waals surface area contributed by atoms with Gasteiger partial charge >= 0.3 is 0 Å². The number of carbonyl (C=O) groups excluding carboxylic acids is 1. The largest absolute Gasteiger partial charge is 0.370 e. The van der Waals surface area contributed by atoms with Crippen molar-refractivity contribution in [2.75, 3.05) is 19.7 Å². The van der Waals surface area contributed by atoms with Crippen molar-refractivity contribution < 1.29 is 13.9 Å². The fourth-order valence-electron chi connectivity index (χ4n) is 2.46. The van der Waals surface area contributed by atoms with Gasteiger partial charge in [-0.1, -0.05) is 23.5 Å². The van der Waals surface area contributed by atoms with Crippen molar-refractivity contribution in [3.05, 3.63) is 46.2 Å². The second-order valence-electron chi connectivity index (χ2n) is 5.06. The summed E-state index contributed by atoms with van der Waals surface area (Å²) in [6.07, 6.45) is 0.452. The summed E-state index contributed by atoms with van der Waals surface area (Å²) in [5.41, 5.74) is 1.61. The second-order valence-corrected chi connectivity index (χ2v) is 5.82. The molecule has 2 aromatic rings. The van der Waals surface area contributed by atoms with E-state index in [0.29, 0.717) is 31.0 Å². The molecule has 22 heavy (non-hydrogen) atoms. The SMILES string of the molecule is CCc1nnsc1C(=O)N1CCO[C@@H](c2ccc(F)cc2)C1. The molecule has 1 saturated heterocycles. The normalized spacial score (nSPS) is 18.5. The number of amides is 1. The Morgan fingerprint density at radius 3 is 2.95 bits per heavy atom. The van der Waals surface area contributed by atoms with Crippen molar-refractivity contribution in [2.45, 2.75) is 19.4 Å². The fraction of sp³-hybridized carbons (Fsp3) is 0.400. The van der Waals surface area contributed by atoms with E-state index in [1.165, 1.54) is 12.1 Å². The Labute approximate surface area is 131 Å². The maximum Gasteiger partial charge on any atom is 0.267 e. The van der Waals surface area contributed by atoms with Crippen molar-refractivity contribution in [3.63, 3.8) is 0 Å². The molecule has 7 heteroatoms. The topological polar surface area (TPSA) is 55.3 Å². The first kappa shape index (κ1) is 15.1. The Kier molecular flexibility index (Phi) is 4.44. The number of benzene rings is 1. The van der Waals surface area contributed by atoms with Gasteiger partial charge in [-0.2, -0.15) is 0 Å². The molecule has 1 atom stereocenters. The number of aromatic nitrogens is 2. The number of halogens is 1. The van der Waals surface area contributed by atoms with Crippen LogP contribution in [0.2, 0.25) is 0 Å². The van der Waals surface area contributed by atoms with Crippen LogP contribution in [0, 0.1) is 5.82 Å². The summed E-state index contributed by atoms with van der Waals surface area (Å²) in [5.74, 6) is -0.335. The Morgan fingerprint density at radius 1 is 1.45 bits per heavy atom. The Morgan fingerprint density at radius 2 is 2.23 bits per heavy atom. The summed E-state index contributed by atoms with van der Waals surface area (Å²) in [4.78, 5) is 15.0. The zero-order chi connectivity index (χ0) is 15.5. The molecule has 0 spiro atoms. The molecule has 1 aromatic carbocycles. The first-order valence-corrected chi connectivity index (χ1v) is 7.94.